The van der Waals surface area contributed by atoms with Gasteiger partial charge in [0.15, 0.2) is 5.96 Å². The predicted octanol–water partition coefficient (Wildman–Crippen LogP) is 1.66. The van der Waals surface area contributed by atoms with Gasteiger partial charge in [0.1, 0.15) is 0 Å². The van der Waals surface area contributed by atoms with Crippen molar-refractivity contribution < 1.29 is 4.74 Å². The van der Waals surface area contributed by atoms with Crippen molar-refractivity contribution >= 4 is 29.9 Å². The van der Waals surface area contributed by atoms with Crippen LogP contribution in [0.3, 0.4) is 0 Å². The molecule has 0 radical (unpaired) electrons. The minimum atomic E-state index is -0.0509. The highest BCUT2D eigenvalue weighted by Crippen LogP contribution is 2.08. The van der Waals surface area contributed by atoms with Gasteiger partial charge in [0.25, 0.3) is 0 Å². The molecule has 1 atom stereocenters. The SMILES string of the molecule is CC(C)CN1CCOC(CN=C(N)NC(C)(C)C)C1.I. The highest BCUT2D eigenvalue weighted by molar-refractivity contribution is 14.0. The van der Waals surface area contributed by atoms with E-state index in [2.05, 4.69) is 49.8 Å². The molecule has 0 aromatic heterocycles. The van der Waals surface area contributed by atoms with Crippen LogP contribution in [0.2, 0.25) is 0 Å². The molecule has 1 heterocycles. The molecule has 1 aliphatic rings. The van der Waals surface area contributed by atoms with Gasteiger partial charge in [-0.05, 0) is 26.7 Å². The average Bonchev–Trinajstić information content (AvgIpc) is 2.23. The standard InChI is InChI=1S/C14H30N4O.HI/c1-11(2)9-18-6-7-19-12(10-18)8-16-13(15)17-14(3,4)5;/h11-12H,6-10H2,1-5H3,(H3,15,16,17);1H. The molecule has 0 saturated carbocycles. The second-order valence-corrected chi connectivity index (χ2v) is 6.75. The van der Waals surface area contributed by atoms with Crippen molar-refractivity contribution in [3.63, 3.8) is 0 Å². The lowest BCUT2D eigenvalue weighted by molar-refractivity contribution is -0.0261. The van der Waals surface area contributed by atoms with Gasteiger partial charge >= 0.3 is 0 Å². The second kappa shape index (κ2) is 9.04. The van der Waals surface area contributed by atoms with Gasteiger partial charge in [0, 0.05) is 25.2 Å². The third-order valence-corrected chi connectivity index (χ3v) is 2.81. The summed E-state index contributed by atoms with van der Waals surface area (Å²) in [5, 5.41) is 3.16. The van der Waals surface area contributed by atoms with E-state index in [0.717, 1.165) is 26.2 Å². The Balaban J connectivity index is 0.00000361. The molecule has 5 nitrogen and oxygen atoms in total. The zero-order valence-electron chi connectivity index (χ0n) is 13.5. The molecule has 0 amide bonds. The first kappa shape index (κ1) is 19.9. The van der Waals surface area contributed by atoms with Crippen LogP contribution in [0.5, 0.6) is 0 Å². The Bertz CT molecular complexity index is 302. The predicted molar refractivity (Wildman–Crippen MR) is 95.8 cm³/mol. The molecule has 1 aliphatic heterocycles. The number of morpholine rings is 1. The molecule has 1 saturated heterocycles. The van der Waals surface area contributed by atoms with Gasteiger partial charge in [0.05, 0.1) is 19.3 Å². The van der Waals surface area contributed by atoms with Gasteiger partial charge in [-0.25, -0.2) is 0 Å². The van der Waals surface area contributed by atoms with Crippen LogP contribution in [-0.2, 0) is 4.74 Å². The molecule has 0 bridgehead atoms. The summed E-state index contributed by atoms with van der Waals surface area (Å²) in [7, 11) is 0. The molecule has 0 aromatic carbocycles. The van der Waals surface area contributed by atoms with Gasteiger partial charge in [-0.3, -0.25) is 9.89 Å². The van der Waals surface area contributed by atoms with E-state index in [0.29, 0.717) is 18.4 Å². The number of hydrogen-bond acceptors (Lipinski definition) is 3. The summed E-state index contributed by atoms with van der Waals surface area (Å²) >= 11 is 0. The Morgan fingerprint density at radius 1 is 1.45 bits per heavy atom. The summed E-state index contributed by atoms with van der Waals surface area (Å²) in [5.41, 5.74) is 5.81. The Hall–Kier alpha value is -0.0800. The molecule has 0 spiro atoms. The molecule has 3 N–H and O–H groups in total. The summed E-state index contributed by atoms with van der Waals surface area (Å²) in [5.74, 6) is 1.19. The van der Waals surface area contributed by atoms with Gasteiger partial charge in [-0.15, -0.1) is 24.0 Å². The Kier molecular flexibility index (Phi) is 9.01. The maximum atomic E-state index is 5.86. The smallest absolute Gasteiger partial charge is 0.189 e. The van der Waals surface area contributed by atoms with E-state index in [1.165, 1.54) is 0 Å². The molecule has 1 unspecified atom stereocenters. The van der Waals surface area contributed by atoms with Gasteiger partial charge in [0.2, 0.25) is 0 Å². The largest absolute Gasteiger partial charge is 0.374 e. The maximum absolute atomic E-state index is 5.86. The molecule has 20 heavy (non-hydrogen) atoms. The molecule has 0 aliphatic carbocycles. The van der Waals surface area contributed by atoms with Crippen molar-refractivity contribution in [2.24, 2.45) is 16.6 Å². The number of guanidine groups is 1. The second-order valence-electron chi connectivity index (χ2n) is 6.75. The van der Waals surface area contributed by atoms with Gasteiger partial charge in [-0.2, -0.15) is 0 Å². The van der Waals surface area contributed by atoms with E-state index in [9.17, 15) is 0 Å². The van der Waals surface area contributed by atoms with Crippen molar-refractivity contribution in [2.45, 2.75) is 46.3 Å². The first-order chi connectivity index (χ1) is 8.76. The molecule has 1 fully saturated rings. The lowest BCUT2D eigenvalue weighted by Gasteiger charge is -2.33. The van der Waals surface area contributed by atoms with Crippen LogP contribution in [0.1, 0.15) is 34.6 Å². The zero-order chi connectivity index (χ0) is 14.5. The van der Waals surface area contributed by atoms with Crippen LogP contribution in [-0.4, -0.2) is 55.3 Å². The molecule has 120 valence electrons. The fourth-order valence-corrected chi connectivity index (χ4v) is 2.20. The first-order valence-corrected chi connectivity index (χ1v) is 7.18. The summed E-state index contributed by atoms with van der Waals surface area (Å²) in [6, 6.07) is 0. The van der Waals surface area contributed by atoms with Crippen LogP contribution >= 0.6 is 24.0 Å². The molecule has 0 aromatic rings. The lowest BCUT2D eigenvalue weighted by Crippen LogP contribution is -2.47. The fourth-order valence-electron chi connectivity index (χ4n) is 2.20. The minimum absolute atomic E-state index is 0. The number of halogens is 1. The number of ether oxygens (including phenoxy) is 1. The third-order valence-electron chi connectivity index (χ3n) is 2.81. The third kappa shape index (κ3) is 8.97. The van der Waals surface area contributed by atoms with E-state index in [4.69, 9.17) is 10.5 Å². The van der Waals surface area contributed by atoms with Gasteiger partial charge in [-0.1, -0.05) is 13.8 Å². The number of nitrogens with two attached hydrogens (primary N) is 1. The zero-order valence-corrected chi connectivity index (χ0v) is 15.8. The highest BCUT2D eigenvalue weighted by Gasteiger charge is 2.20. The van der Waals surface area contributed by atoms with E-state index in [1.807, 2.05) is 0 Å². The number of aliphatic imine (C=N–C) groups is 1. The van der Waals surface area contributed by atoms with E-state index in [-0.39, 0.29) is 35.6 Å². The maximum Gasteiger partial charge on any atom is 0.189 e. The number of hydrogen-bond donors (Lipinski definition) is 2. The summed E-state index contributed by atoms with van der Waals surface area (Å²) < 4.78 is 5.74. The minimum Gasteiger partial charge on any atom is -0.374 e. The average molecular weight is 398 g/mol. The molecular weight excluding hydrogens is 367 g/mol. The van der Waals surface area contributed by atoms with Crippen LogP contribution in [0, 0.1) is 5.92 Å². The Morgan fingerprint density at radius 3 is 2.65 bits per heavy atom. The van der Waals surface area contributed by atoms with Crippen LogP contribution in [0.25, 0.3) is 0 Å². The molecule has 6 heteroatoms. The number of nitrogens with zero attached hydrogens (tertiary/aromatic N) is 2. The van der Waals surface area contributed by atoms with Crippen molar-refractivity contribution in [1.82, 2.24) is 10.2 Å². The lowest BCUT2D eigenvalue weighted by atomic mass is 10.1. The molecule has 1 rings (SSSR count). The normalized spacial score (nSPS) is 21.7. The van der Waals surface area contributed by atoms with Crippen LogP contribution in [0.4, 0.5) is 0 Å². The van der Waals surface area contributed by atoms with Crippen molar-refractivity contribution in [1.29, 1.82) is 0 Å². The van der Waals surface area contributed by atoms with E-state index < -0.39 is 0 Å². The number of rotatable bonds is 4. The summed E-state index contributed by atoms with van der Waals surface area (Å²) in [6.45, 7) is 15.2. The highest BCUT2D eigenvalue weighted by atomic mass is 127. The summed E-state index contributed by atoms with van der Waals surface area (Å²) in [4.78, 5) is 6.82. The van der Waals surface area contributed by atoms with Crippen LogP contribution < -0.4 is 11.1 Å². The van der Waals surface area contributed by atoms with Gasteiger partial charge < -0.3 is 15.8 Å². The molecular formula is C14H31IN4O. The fraction of sp³-hybridized carbons (Fsp3) is 0.929. The quantitative estimate of drug-likeness (QED) is 0.430. The summed E-state index contributed by atoms with van der Waals surface area (Å²) in [6.07, 6.45) is 0.160. The topological polar surface area (TPSA) is 62.9 Å². The van der Waals surface area contributed by atoms with Crippen LogP contribution in [0.15, 0.2) is 4.99 Å². The Morgan fingerprint density at radius 2 is 2.10 bits per heavy atom. The van der Waals surface area contributed by atoms with E-state index >= 15 is 0 Å². The van der Waals surface area contributed by atoms with E-state index in [1.54, 1.807) is 0 Å². The monoisotopic (exact) mass is 398 g/mol. The Labute approximate surface area is 140 Å². The van der Waals surface area contributed by atoms with Crippen molar-refractivity contribution in [2.75, 3.05) is 32.8 Å². The number of nitrogens with one attached hydrogen (secondary N) is 1. The first-order valence-electron chi connectivity index (χ1n) is 7.18. The van der Waals surface area contributed by atoms with Crippen molar-refractivity contribution in [3.8, 4) is 0 Å². The van der Waals surface area contributed by atoms with Crippen molar-refractivity contribution in [3.05, 3.63) is 0 Å².